The number of piperidine rings is 3. The first-order chi connectivity index (χ1) is 12.2. The van der Waals surface area contributed by atoms with E-state index in [1.165, 1.54) is 0 Å². The van der Waals surface area contributed by atoms with E-state index in [9.17, 15) is 4.79 Å². The molecule has 3 saturated heterocycles. The van der Waals surface area contributed by atoms with Crippen LogP contribution < -0.4 is 9.47 Å². The summed E-state index contributed by atoms with van der Waals surface area (Å²) in [4.78, 5) is 15.2. The van der Waals surface area contributed by atoms with E-state index >= 15 is 0 Å². The Morgan fingerprint density at radius 1 is 1.08 bits per heavy atom. The lowest BCUT2D eigenvalue weighted by atomic mass is 9.73. The highest BCUT2D eigenvalue weighted by Crippen LogP contribution is 2.42. The number of ether oxygens (including phenoxy) is 3. The summed E-state index contributed by atoms with van der Waals surface area (Å²) in [6.45, 7) is 5.12. The summed E-state index contributed by atoms with van der Waals surface area (Å²) in [6.07, 6.45) is 6.16. The molecule has 5 aliphatic rings. The second kappa shape index (κ2) is 5.77. The highest BCUT2D eigenvalue weighted by Gasteiger charge is 2.40. The quantitative estimate of drug-likeness (QED) is 0.790. The number of allylic oxidation sites excluding steroid dienone is 1. The van der Waals surface area contributed by atoms with Crippen LogP contribution in [0.25, 0.3) is 5.57 Å². The summed E-state index contributed by atoms with van der Waals surface area (Å²) in [6, 6.07) is 3.93. The van der Waals surface area contributed by atoms with Crippen LogP contribution in [0.2, 0.25) is 0 Å². The van der Waals surface area contributed by atoms with Crippen LogP contribution in [-0.2, 0) is 16.0 Å². The third-order valence-electron chi connectivity index (χ3n) is 6.19. The normalized spacial score (nSPS) is 29.1. The van der Waals surface area contributed by atoms with E-state index in [-0.39, 0.29) is 11.4 Å². The minimum atomic E-state index is -0.196. The minimum absolute atomic E-state index is 0.196. The third-order valence-corrected chi connectivity index (χ3v) is 6.19. The number of carbonyl (C=O) groups excluding carboxylic acids is 1. The molecule has 0 unspecified atom stereocenters. The average molecular weight is 341 g/mol. The fraction of sp³-hybridized carbons (Fsp3) is 0.550. The van der Waals surface area contributed by atoms with Gasteiger partial charge in [0, 0.05) is 5.41 Å². The second-order valence-electron chi connectivity index (χ2n) is 7.64. The largest absolute Gasteiger partial charge is 0.486 e. The Morgan fingerprint density at radius 3 is 2.48 bits per heavy atom. The van der Waals surface area contributed by atoms with E-state index in [1.54, 1.807) is 0 Å². The lowest BCUT2D eigenvalue weighted by Crippen LogP contribution is -2.50. The summed E-state index contributed by atoms with van der Waals surface area (Å²) in [5.41, 5.74) is 2.93. The molecule has 4 aliphatic heterocycles. The molecule has 1 aromatic carbocycles. The number of nitrogens with zero attached hydrogens (tertiary/aromatic N) is 1. The lowest BCUT2D eigenvalue weighted by molar-refractivity contribution is -0.143. The molecule has 4 heterocycles. The summed E-state index contributed by atoms with van der Waals surface area (Å²) in [5, 5.41) is 0. The monoisotopic (exact) mass is 341 g/mol. The number of rotatable bonds is 3. The predicted molar refractivity (Wildman–Crippen MR) is 92.8 cm³/mol. The van der Waals surface area contributed by atoms with E-state index in [0.717, 1.165) is 67.9 Å². The smallest absolute Gasteiger partial charge is 0.338 e. The Hall–Kier alpha value is -2.01. The number of esters is 1. The van der Waals surface area contributed by atoms with Crippen molar-refractivity contribution < 1.29 is 19.0 Å². The van der Waals surface area contributed by atoms with Gasteiger partial charge in [-0.15, -0.1) is 0 Å². The van der Waals surface area contributed by atoms with Gasteiger partial charge in [0.05, 0.1) is 12.2 Å². The number of hydrogen-bond donors (Lipinski definition) is 0. The van der Waals surface area contributed by atoms with E-state index in [1.807, 2.05) is 18.2 Å². The van der Waals surface area contributed by atoms with Gasteiger partial charge < -0.3 is 19.1 Å². The van der Waals surface area contributed by atoms with Crippen LogP contribution in [0.4, 0.5) is 0 Å². The van der Waals surface area contributed by atoms with Crippen molar-refractivity contribution in [3.8, 4) is 11.5 Å². The standard InChI is InChI=1S/C20H23NO4/c22-19(25-13-20-3-6-21(7-4-20)8-5-20)15-2-1-14-11-17-18(12-16(14)15)24-10-9-23-17/h2,11-12H,1,3-10,13H2. The summed E-state index contributed by atoms with van der Waals surface area (Å²) in [7, 11) is 0. The molecule has 3 fully saturated rings. The van der Waals surface area contributed by atoms with Crippen LogP contribution in [0.5, 0.6) is 11.5 Å². The first-order valence-electron chi connectivity index (χ1n) is 9.25. The summed E-state index contributed by atoms with van der Waals surface area (Å²) < 4.78 is 17.1. The molecular formula is C20H23NO4. The van der Waals surface area contributed by atoms with Gasteiger partial charge in [-0.1, -0.05) is 6.08 Å². The highest BCUT2D eigenvalue weighted by molar-refractivity contribution is 6.18. The van der Waals surface area contributed by atoms with Gasteiger partial charge in [-0.2, -0.15) is 0 Å². The van der Waals surface area contributed by atoms with E-state index in [2.05, 4.69) is 4.90 Å². The molecule has 5 nitrogen and oxygen atoms in total. The van der Waals surface area contributed by atoms with Gasteiger partial charge >= 0.3 is 5.97 Å². The minimum Gasteiger partial charge on any atom is -0.486 e. The van der Waals surface area contributed by atoms with Crippen molar-refractivity contribution >= 4 is 11.5 Å². The zero-order chi connectivity index (χ0) is 16.9. The SMILES string of the molecule is O=C(OCC12CCN(CC1)CC2)C1=CCc2cc3c(cc21)OCCO3. The number of benzene rings is 1. The van der Waals surface area contributed by atoms with Gasteiger partial charge in [0.1, 0.15) is 13.2 Å². The van der Waals surface area contributed by atoms with Crippen molar-refractivity contribution in [2.24, 2.45) is 5.41 Å². The molecule has 5 heteroatoms. The van der Waals surface area contributed by atoms with Gasteiger partial charge in [-0.05, 0) is 68.6 Å². The Labute approximate surface area is 147 Å². The van der Waals surface area contributed by atoms with Crippen LogP contribution >= 0.6 is 0 Å². The fourth-order valence-corrected chi connectivity index (χ4v) is 4.47. The molecule has 1 aliphatic carbocycles. The topological polar surface area (TPSA) is 48.0 Å². The summed E-state index contributed by atoms with van der Waals surface area (Å²) in [5.74, 6) is 1.31. The van der Waals surface area contributed by atoms with Crippen molar-refractivity contribution in [1.82, 2.24) is 4.90 Å². The molecule has 0 radical (unpaired) electrons. The molecule has 6 rings (SSSR count). The maximum atomic E-state index is 12.7. The molecule has 0 amide bonds. The first-order valence-corrected chi connectivity index (χ1v) is 9.25. The van der Waals surface area contributed by atoms with E-state index in [0.29, 0.717) is 25.4 Å². The van der Waals surface area contributed by atoms with E-state index < -0.39 is 0 Å². The van der Waals surface area contributed by atoms with Crippen molar-refractivity contribution in [3.05, 3.63) is 29.3 Å². The van der Waals surface area contributed by atoms with Gasteiger partial charge in [-0.25, -0.2) is 4.79 Å². The Kier molecular flexibility index (Phi) is 3.52. The number of hydrogen-bond acceptors (Lipinski definition) is 5. The van der Waals surface area contributed by atoms with Gasteiger partial charge in [-0.3, -0.25) is 0 Å². The zero-order valence-corrected chi connectivity index (χ0v) is 14.4. The number of fused-ring (bicyclic) bond motifs is 5. The van der Waals surface area contributed by atoms with Gasteiger partial charge in [0.2, 0.25) is 0 Å². The molecule has 25 heavy (non-hydrogen) atoms. The Bertz CT molecular complexity index is 733. The van der Waals surface area contributed by atoms with Crippen LogP contribution in [0.1, 0.15) is 30.4 Å². The Morgan fingerprint density at radius 2 is 1.76 bits per heavy atom. The first kappa shape index (κ1) is 15.3. The van der Waals surface area contributed by atoms with Crippen molar-refractivity contribution in [2.45, 2.75) is 25.7 Å². The molecule has 0 N–H and O–H groups in total. The molecule has 0 saturated carbocycles. The maximum absolute atomic E-state index is 12.7. The lowest BCUT2D eigenvalue weighted by Gasteiger charge is -2.47. The Balaban J connectivity index is 1.31. The van der Waals surface area contributed by atoms with E-state index in [4.69, 9.17) is 14.2 Å². The third kappa shape index (κ3) is 2.61. The van der Waals surface area contributed by atoms with Gasteiger partial charge in [0.15, 0.2) is 11.5 Å². The average Bonchev–Trinajstić information content (AvgIpc) is 3.08. The molecule has 0 atom stereocenters. The van der Waals surface area contributed by atoms with Gasteiger partial charge in [0.25, 0.3) is 0 Å². The molecule has 0 spiro atoms. The molecular weight excluding hydrogens is 318 g/mol. The predicted octanol–water partition coefficient (Wildman–Crippen LogP) is 2.43. The van der Waals surface area contributed by atoms with Crippen LogP contribution in [-0.4, -0.2) is 50.3 Å². The zero-order valence-electron chi connectivity index (χ0n) is 14.4. The molecule has 1 aromatic rings. The second-order valence-corrected chi connectivity index (χ2v) is 7.64. The fourth-order valence-electron chi connectivity index (χ4n) is 4.47. The van der Waals surface area contributed by atoms with Crippen LogP contribution in [0.15, 0.2) is 18.2 Å². The van der Waals surface area contributed by atoms with Crippen molar-refractivity contribution in [1.29, 1.82) is 0 Å². The molecule has 0 aromatic heterocycles. The maximum Gasteiger partial charge on any atom is 0.338 e. The summed E-state index contributed by atoms with van der Waals surface area (Å²) >= 11 is 0. The van der Waals surface area contributed by atoms with Crippen molar-refractivity contribution in [2.75, 3.05) is 39.5 Å². The van der Waals surface area contributed by atoms with Crippen LogP contribution in [0, 0.1) is 5.41 Å². The van der Waals surface area contributed by atoms with Crippen molar-refractivity contribution in [3.63, 3.8) is 0 Å². The molecule has 2 bridgehead atoms. The molecule has 132 valence electrons. The number of carbonyl (C=O) groups is 1. The van der Waals surface area contributed by atoms with Crippen LogP contribution in [0.3, 0.4) is 0 Å². The highest BCUT2D eigenvalue weighted by atomic mass is 16.6.